The van der Waals surface area contributed by atoms with Gasteiger partial charge in [0.05, 0.1) is 18.9 Å². The summed E-state index contributed by atoms with van der Waals surface area (Å²) in [5.41, 5.74) is 5.58. The van der Waals surface area contributed by atoms with Gasteiger partial charge in [-0.25, -0.2) is 14.4 Å². The van der Waals surface area contributed by atoms with E-state index in [4.69, 9.17) is 10.5 Å². The maximum absolute atomic E-state index is 14.9. The van der Waals surface area contributed by atoms with Crippen molar-refractivity contribution in [3.63, 3.8) is 0 Å². The molecule has 3 heterocycles. The summed E-state index contributed by atoms with van der Waals surface area (Å²) in [4.78, 5) is 20.9. The number of aromatic nitrogens is 1. The molecule has 0 saturated carbocycles. The summed E-state index contributed by atoms with van der Waals surface area (Å²) in [5, 5.41) is 3.00. The zero-order chi connectivity index (χ0) is 22.2. The van der Waals surface area contributed by atoms with Crippen molar-refractivity contribution in [2.45, 2.75) is 25.2 Å². The maximum atomic E-state index is 14.9. The van der Waals surface area contributed by atoms with E-state index in [2.05, 4.69) is 20.0 Å². The molecule has 164 valence electrons. The number of carbonyl (C=O) groups is 1. The lowest BCUT2D eigenvalue weighted by Crippen LogP contribution is -2.41. The van der Waals surface area contributed by atoms with Gasteiger partial charge in [-0.15, -0.1) is 0 Å². The number of hydrogen-bond acceptors (Lipinski definition) is 7. The van der Waals surface area contributed by atoms with Crippen molar-refractivity contribution in [1.29, 1.82) is 0 Å². The van der Waals surface area contributed by atoms with E-state index in [0.29, 0.717) is 16.6 Å². The molecule has 0 unspecified atom stereocenters. The van der Waals surface area contributed by atoms with Crippen LogP contribution >= 0.6 is 11.8 Å². The number of pyridine rings is 1. The first kappa shape index (κ1) is 21.4. The van der Waals surface area contributed by atoms with Gasteiger partial charge in [0.15, 0.2) is 5.17 Å². The lowest BCUT2D eigenvalue weighted by Gasteiger charge is -2.35. The van der Waals surface area contributed by atoms with E-state index in [9.17, 15) is 18.0 Å². The third-order valence-electron chi connectivity index (χ3n) is 5.35. The Kier molecular flexibility index (Phi) is 5.80. The van der Waals surface area contributed by atoms with Crippen LogP contribution < -0.4 is 15.8 Å². The Morgan fingerprint density at radius 3 is 2.90 bits per heavy atom. The highest BCUT2D eigenvalue weighted by Crippen LogP contribution is 2.48. The number of amides is 1. The van der Waals surface area contributed by atoms with E-state index >= 15 is 0 Å². The average molecular weight is 452 g/mol. The number of halogens is 3. The summed E-state index contributed by atoms with van der Waals surface area (Å²) < 4.78 is 49.4. The highest BCUT2D eigenvalue weighted by molar-refractivity contribution is 8.13. The van der Waals surface area contributed by atoms with Crippen LogP contribution in [0.3, 0.4) is 0 Å². The topological polar surface area (TPSA) is 98.8 Å². The lowest BCUT2D eigenvalue weighted by molar-refractivity contribution is -0.0500. The highest BCUT2D eigenvalue weighted by Gasteiger charge is 2.52. The first-order valence-electron chi connectivity index (χ1n) is 9.40. The standard InChI is InChI=1S/C20H19F3N4O3S/c1-10-14-8-31-19(24)27-20(14,9-29-10)13-6-11(2-4-15(13)21)26-17(28)16-5-3-12(7-25-16)30-18(22)23/h2-7,10,14,18H,8-9H2,1H3,(H2,24,27)(H,26,28)/t10-,14+,20-/m0/s1. The molecule has 2 aromatic rings. The second kappa shape index (κ2) is 8.39. The van der Waals surface area contributed by atoms with Crippen molar-refractivity contribution < 1.29 is 27.4 Å². The maximum Gasteiger partial charge on any atom is 0.387 e. The van der Waals surface area contributed by atoms with Gasteiger partial charge in [0.25, 0.3) is 5.91 Å². The minimum absolute atomic E-state index is 0.0160. The van der Waals surface area contributed by atoms with Crippen molar-refractivity contribution >= 4 is 28.5 Å². The first-order valence-corrected chi connectivity index (χ1v) is 10.4. The van der Waals surface area contributed by atoms with Gasteiger partial charge in [0.2, 0.25) is 0 Å². The molecule has 0 radical (unpaired) electrons. The molecule has 3 N–H and O–H groups in total. The fourth-order valence-electron chi connectivity index (χ4n) is 3.82. The van der Waals surface area contributed by atoms with Crippen LogP contribution in [0.1, 0.15) is 23.0 Å². The Morgan fingerprint density at radius 2 is 2.19 bits per heavy atom. The number of rotatable bonds is 5. The predicted octanol–water partition coefficient (Wildman–Crippen LogP) is 3.37. The molecule has 2 aliphatic heterocycles. The molecule has 1 fully saturated rings. The van der Waals surface area contributed by atoms with Crippen molar-refractivity contribution in [2.24, 2.45) is 16.6 Å². The number of ether oxygens (including phenoxy) is 2. The number of nitrogens with two attached hydrogens (primary N) is 1. The van der Waals surface area contributed by atoms with Crippen molar-refractivity contribution in [1.82, 2.24) is 4.98 Å². The van der Waals surface area contributed by atoms with Crippen LogP contribution in [0.25, 0.3) is 0 Å². The number of amidine groups is 1. The number of fused-ring (bicyclic) bond motifs is 1. The van der Waals surface area contributed by atoms with E-state index in [-0.39, 0.29) is 35.6 Å². The van der Waals surface area contributed by atoms with Crippen molar-refractivity contribution in [3.8, 4) is 5.75 Å². The summed E-state index contributed by atoms with van der Waals surface area (Å²) in [5.74, 6) is -0.663. The van der Waals surface area contributed by atoms with Crippen LogP contribution in [0.2, 0.25) is 0 Å². The molecule has 4 rings (SSSR count). The Hall–Kier alpha value is -2.79. The smallest absolute Gasteiger partial charge is 0.387 e. The van der Waals surface area contributed by atoms with Gasteiger partial charge in [-0.2, -0.15) is 8.78 Å². The largest absolute Gasteiger partial charge is 0.433 e. The number of alkyl halides is 2. The SMILES string of the molecule is C[C@@H]1OC[C@@]2(c3cc(NC(=O)c4ccc(OC(F)F)cn4)ccc3F)N=C(N)SC[C@H]12. The molecule has 31 heavy (non-hydrogen) atoms. The number of thioether (sulfide) groups is 1. The van der Waals surface area contributed by atoms with Crippen LogP contribution in [-0.2, 0) is 10.3 Å². The second-order valence-electron chi connectivity index (χ2n) is 7.21. The Morgan fingerprint density at radius 1 is 1.39 bits per heavy atom. The molecule has 1 aromatic carbocycles. The van der Waals surface area contributed by atoms with E-state index < -0.39 is 23.9 Å². The van der Waals surface area contributed by atoms with E-state index in [1.54, 1.807) is 0 Å². The molecule has 0 aliphatic carbocycles. The van der Waals surface area contributed by atoms with E-state index in [1.807, 2.05) is 6.92 Å². The van der Waals surface area contributed by atoms with Crippen molar-refractivity contribution in [3.05, 3.63) is 53.6 Å². The minimum atomic E-state index is -2.99. The normalized spacial score (nSPS) is 25.1. The number of benzene rings is 1. The zero-order valence-electron chi connectivity index (χ0n) is 16.3. The number of carbonyl (C=O) groups excluding carboxylic acids is 1. The summed E-state index contributed by atoms with van der Waals surface area (Å²) in [7, 11) is 0. The van der Waals surface area contributed by atoms with Gasteiger partial charge in [0.1, 0.15) is 22.8 Å². The van der Waals surface area contributed by atoms with Gasteiger partial charge in [0, 0.05) is 22.9 Å². The molecule has 3 atom stereocenters. The number of hydrogen-bond donors (Lipinski definition) is 2. The monoisotopic (exact) mass is 452 g/mol. The van der Waals surface area contributed by atoms with Gasteiger partial charge < -0.3 is 20.5 Å². The Labute approximate surface area is 180 Å². The van der Waals surface area contributed by atoms with Gasteiger partial charge in [-0.3, -0.25) is 4.79 Å². The second-order valence-corrected chi connectivity index (χ2v) is 8.25. The molecule has 0 spiro atoms. The van der Waals surface area contributed by atoms with E-state index in [0.717, 1.165) is 6.20 Å². The summed E-state index contributed by atoms with van der Waals surface area (Å²) in [6, 6.07) is 6.65. The van der Waals surface area contributed by atoms with Gasteiger partial charge in [-0.1, -0.05) is 11.8 Å². The van der Waals surface area contributed by atoms with Crippen molar-refractivity contribution in [2.75, 3.05) is 17.7 Å². The summed E-state index contributed by atoms with van der Waals surface area (Å²) >= 11 is 1.40. The number of nitrogens with one attached hydrogen (secondary N) is 1. The van der Waals surface area contributed by atoms with Gasteiger partial charge >= 0.3 is 6.61 Å². The highest BCUT2D eigenvalue weighted by atomic mass is 32.2. The molecular formula is C20H19F3N4O3S. The predicted molar refractivity (Wildman–Crippen MR) is 110 cm³/mol. The summed E-state index contributed by atoms with van der Waals surface area (Å²) in [6.45, 7) is -0.887. The minimum Gasteiger partial charge on any atom is -0.433 e. The molecule has 7 nitrogen and oxygen atoms in total. The Bertz CT molecular complexity index is 1020. The van der Waals surface area contributed by atoms with Crippen LogP contribution in [0.4, 0.5) is 18.9 Å². The molecular weight excluding hydrogens is 433 g/mol. The van der Waals surface area contributed by atoms with Crippen LogP contribution in [-0.4, -0.2) is 41.1 Å². The van der Waals surface area contributed by atoms with E-state index in [1.165, 1.54) is 42.1 Å². The quantitative estimate of drug-likeness (QED) is 0.722. The summed E-state index contributed by atoms with van der Waals surface area (Å²) in [6.07, 6.45) is 0.898. The average Bonchev–Trinajstić information content (AvgIpc) is 3.06. The third-order valence-corrected chi connectivity index (χ3v) is 6.26. The fraction of sp³-hybridized carbons (Fsp3) is 0.350. The number of anilines is 1. The van der Waals surface area contributed by atoms with Crippen LogP contribution in [0, 0.1) is 11.7 Å². The van der Waals surface area contributed by atoms with Crippen LogP contribution in [0.15, 0.2) is 41.5 Å². The lowest BCUT2D eigenvalue weighted by atomic mass is 9.79. The number of nitrogens with zero attached hydrogens (tertiary/aromatic N) is 2. The fourth-order valence-corrected chi connectivity index (χ4v) is 4.94. The number of aliphatic imine (C=N–C) groups is 1. The zero-order valence-corrected chi connectivity index (χ0v) is 17.2. The molecule has 0 bridgehead atoms. The third kappa shape index (κ3) is 4.19. The van der Waals surface area contributed by atoms with Gasteiger partial charge in [-0.05, 0) is 37.3 Å². The molecule has 11 heteroatoms. The molecule has 1 amide bonds. The first-order chi connectivity index (χ1) is 14.8. The molecule has 1 saturated heterocycles. The Balaban J connectivity index is 1.60. The van der Waals surface area contributed by atoms with Crippen LogP contribution in [0.5, 0.6) is 5.75 Å². The molecule has 2 aliphatic rings. The molecule has 1 aromatic heterocycles.